The number of aliphatic carboxylic acids is 1. The Bertz CT molecular complexity index is 794. The van der Waals surface area contributed by atoms with Gasteiger partial charge in [-0.05, 0) is 24.6 Å². The molecule has 0 spiro atoms. The van der Waals surface area contributed by atoms with Crippen molar-refractivity contribution >= 4 is 15.8 Å². The summed E-state index contributed by atoms with van der Waals surface area (Å²) < 4.78 is 25.5. The molecule has 0 aliphatic heterocycles. The summed E-state index contributed by atoms with van der Waals surface area (Å²) in [5, 5.41) is 8.45. The molecule has 3 atom stereocenters. The summed E-state index contributed by atoms with van der Waals surface area (Å²) >= 11 is 0. The lowest BCUT2D eigenvalue weighted by Gasteiger charge is -2.04. The van der Waals surface area contributed by atoms with Crippen LogP contribution in [0.4, 0.5) is 0 Å². The Hall–Kier alpha value is -2.14. The van der Waals surface area contributed by atoms with E-state index in [1.54, 1.807) is 48.5 Å². The third-order valence-electron chi connectivity index (χ3n) is 4.13. The molecular weight excluding hydrogens is 300 g/mol. The largest absolute Gasteiger partial charge is 0.481 e. The van der Waals surface area contributed by atoms with Crippen LogP contribution >= 0.6 is 0 Å². The fourth-order valence-electron chi connectivity index (χ4n) is 2.92. The molecule has 0 saturated heterocycles. The van der Waals surface area contributed by atoms with Crippen molar-refractivity contribution < 1.29 is 18.3 Å². The van der Waals surface area contributed by atoms with Gasteiger partial charge in [0, 0.05) is 5.92 Å². The molecule has 0 heterocycles. The van der Waals surface area contributed by atoms with Gasteiger partial charge in [0.15, 0.2) is 9.84 Å². The second-order valence-electron chi connectivity index (χ2n) is 5.62. The van der Waals surface area contributed by atoms with E-state index in [9.17, 15) is 18.3 Å². The Balaban J connectivity index is 1.99. The smallest absolute Gasteiger partial charge is 0.308 e. The zero-order valence-corrected chi connectivity index (χ0v) is 12.8. The van der Waals surface area contributed by atoms with E-state index >= 15 is 0 Å². The van der Waals surface area contributed by atoms with Gasteiger partial charge in [0.1, 0.15) is 0 Å². The first kappa shape index (κ1) is 14.8. The molecule has 4 nitrogen and oxygen atoms in total. The molecule has 0 radical (unpaired) electrons. The SMILES string of the molecule is Cc1ccc(S(=O)(=O)[C@H]2[C@H](C(=O)O)[C@@H]2c2ccccc2)cc1. The number of aryl methyl sites for hydroxylation is 1. The van der Waals surface area contributed by atoms with Gasteiger partial charge < -0.3 is 5.11 Å². The minimum absolute atomic E-state index is 0.188. The fraction of sp³-hybridized carbons (Fsp3) is 0.235. The summed E-state index contributed by atoms with van der Waals surface area (Å²) in [6.45, 7) is 1.88. The van der Waals surface area contributed by atoms with Crippen molar-refractivity contribution in [3.05, 3.63) is 65.7 Å². The van der Waals surface area contributed by atoms with Crippen molar-refractivity contribution in [1.82, 2.24) is 0 Å². The highest BCUT2D eigenvalue weighted by molar-refractivity contribution is 7.92. The minimum Gasteiger partial charge on any atom is -0.481 e. The van der Waals surface area contributed by atoms with Crippen LogP contribution in [-0.4, -0.2) is 24.7 Å². The third-order valence-corrected chi connectivity index (χ3v) is 6.36. The molecular formula is C17H16O4S. The van der Waals surface area contributed by atoms with Gasteiger partial charge in [-0.25, -0.2) is 8.42 Å². The standard InChI is InChI=1S/C17H16O4S/c1-11-7-9-13(10-8-11)22(20,21)16-14(15(16)17(18)19)12-5-3-2-4-6-12/h2-10,14-16H,1H3,(H,18,19)/t14-,15+,16+/m0/s1. The molecule has 114 valence electrons. The Morgan fingerprint density at radius 2 is 1.59 bits per heavy atom. The average Bonchev–Trinajstić information content (AvgIpc) is 3.25. The van der Waals surface area contributed by atoms with E-state index in [0.717, 1.165) is 11.1 Å². The number of benzene rings is 2. The van der Waals surface area contributed by atoms with E-state index in [4.69, 9.17) is 0 Å². The van der Waals surface area contributed by atoms with Crippen molar-refractivity contribution in [1.29, 1.82) is 0 Å². The van der Waals surface area contributed by atoms with Crippen LogP contribution in [-0.2, 0) is 14.6 Å². The molecule has 5 heteroatoms. The zero-order valence-electron chi connectivity index (χ0n) is 12.0. The Morgan fingerprint density at radius 3 is 2.14 bits per heavy atom. The molecule has 1 N–H and O–H groups in total. The van der Waals surface area contributed by atoms with Gasteiger partial charge in [0.25, 0.3) is 0 Å². The van der Waals surface area contributed by atoms with E-state index in [0.29, 0.717) is 0 Å². The normalized spacial score (nSPS) is 24.0. The maximum absolute atomic E-state index is 12.7. The first-order valence-corrected chi connectivity index (χ1v) is 8.56. The fourth-order valence-corrected chi connectivity index (χ4v) is 5.04. The second kappa shape index (κ2) is 5.25. The van der Waals surface area contributed by atoms with Crippen LogP contribution in [0.1, 0.15) is 17.0 Å². The predicted molar refractivity (Wildman–Crippen MR) is 82.5 cm³/mol. The van der Waals surface area contributed by atoms with Crippen molar-refractivity contribution in [2.75, 3.05) is 0 Å². The first-order valence-electron chi connectivity index (χ1n) is 7.01. The zero-order chi connectivity index (χ0) is 15.9. The maximum Gasteiger partial charge on any atom is 0.308 e. The van der Waals surface area contributed by atoms with E-state index in [-0.39, 0.29) is 4.90 Å². The average molecular weight is 316 g/mol. The summed E-state index contributed by atoms with van der Waals surface area (Å²) in [6.07, 6.45) is 0. The second-order valence-corrected chi connectivity index (χ2v) is 7.73. The number of rotatable bonds is 4. The quantitative estimate of drug-likeness (QED) is 0.941. The predicted octanol–water partition coefficient (Wildman–Crippen LogP) is 2.64. The van der Waals surface area contributed by atoms with E-state index in [2.05, 4.69) is 0 Å². The van der Waals surface area contributed by atoms with Gasteiger partial charge in [-0.2, -0.15) is 0 Å². The van der Waals surface area contributed by atoms with Crippen LogP contribution in [0, 0.1) is 12.8 Å². The number of carboxylic acid groups (broad SMARTS) is 1. The van der Waals surface area contributed by atoms with Gasteiger partial charge in [0.2, 0.25) is 0 Å². The third kappa shape index (κ3) is 2.41. The van der Waals surface area contributed by atoms with E-state index in [1.165, 1.54) is 0 Å². The molecule has 1 fully saturated rings. The van der Waals surface area contributed by atoms with Gasteiger partial charge in [-0.1, -0.05) is 48.0 Å². The molecule has 0 aromatic heterocycles. The van der Waals surface area contributed by atoms with Crippen molar-refractivity contribution in [2.24, 2.45) is 5.92 Å². The summed E-state index contributed by atoms with van der Waals surface area (Å²) in [6, 6.07) is 15.5. The highest BCUT2D eigenvalue weighted by atomic mass is 32.2. The molecule has 2 aromatic rings. The number of carbonyl (C=O) groups is 1. The maximum atomic E-state index is 12.7. The first-order chi connectivity index (χ1) is 10.4. The topological polar surface area (TPSA) is 71.4 Å². The van der Waals surface area contributed by atoms with Gasteiger partial charge in [0.05, 0.1) is 16.1 Å². The highest BCUT2D eigenvalue weighted by Gasteiger charge is 2.62. The van der Waals surface area contributed by atoms with Crippen LogP contribution in [0.5, 0.6) is 0 Å². The minimum atomic E-state index is -3.65. The van der Waals surface area contributed by atoms with Crippen molar-refractivity contribution in [2.45, 2.75) is 23.0 Å². The Morgan fingerprint density at radius 1 is 1.00 bits per heavy atom. The van der Waals surface area contributed by atoms with Crippen LogP contribution < -0.4 is 0 Å². The number of sulfone groups is 1. The van der Waals surface area contributed by atoms with E-state index in [1.807, 2.05) is 13.0 Å². The Labute approximate surface area is 129 Å². The lowest BCUT2D eigenvalue weighted by molar-refractivity contribution is -0.138. The van der Waals surface area contributed by atoms with E-state index < -0.39 is 32.9 Å². The van der Waals surface area contributed by atoms with Gasteiger partial charge in [-0.3, -0.25) is 4.79 Å². The molecule has 1 aliphatic carbocycles. The molecule has 0 bridgehead atoms. The molecule has 2 aromatic carbocycles. The lowest BCUT2D eigenvalue weighted by atomic mass is 10.1. The molecule has 3 rings (SSSR count). The monoisotopic (exact) mass is 316 g/mol. The van der Waals surface area contributed by atoms with Crippen LogP contribution in [0.25, 0.3) is 0 Å². The summed E-state index contributed by atoms with van der Waals surface area (Å²) in [4.78, 5) is 11.6. The lowest BCUT2D eigenvalue weighted by Crippen LogP contribution is -2.13. The van der Waals surface area contributed by atoms with Gasteiger partial charge >= 0.3 is 5.97 Å². The highest BCUT2D eigenvalue weighted by Crippen LogP contribution is 2.54. The number of hydrogen-bond donors (Lipinski definition) is 1. The Kier molecular flexibility index (Phi) is 3.53. The van der Waals surface area contributed by atoms with Crippen LogP contribution in [0.15, 0.2) is 59.5 Å². The number of carboxylic acids is 1. The van der Waals surface area contributed by atoms with Crippen molar-refractivity contribution in [3.63, 3.8) is 0 Å². The molecule has 1 saturated carbocycles. The molecule has 22 heavy (non-hydrogen) atoms. The summed E-state index contributed by atoms with van der Waals surface area (Å²) in [5.74, 6) is -2.42. The molecule has 1 aliphatic rings. The van der Waals surface area contributed by atoms with Crippen LogP contribution in [0.2, 0.25) is 0 Å². The number of hydrogen-bond acceptors (Lipinski definition) is 3. The van der Waals surface area contributed by atoms with Crippen molar-refractivity contribution in [3.8, 4) is 0 Å². The van der Waals surface area contributed by atoms with Gasteiger partial charge in [-0.15, -0.1) is 0 Å². The summed E-state index contributed by atoms with van der Waals surface area (Å²) in [7, 11) is -3.65. The molecule has 0 unspecified atom stereocenters. The van der Waals surface area contributed by atoms with Crippen LogP contribution in [0.3, 0.4) is 0 Å². The molecule has 0 amide bonds. The summed E-state index contributed by atoms with van der Waals surface area (Å²) in [5.41, 5.74) is 1.72.